The Kier molecular flexibility index (Phi) is 6.20. The van der Waals surface area contributed by atoms with Crippen molar-refractivity contribution in [3.05, 3.63) is 36.1 Å². The number of benzene rings is 1. The molecule has 2 rings (SSSR count). The first kappa shape index (κ1) is 16.0. The van der Waals surface area contributed by atoms with Gasteiger partial charge in [-0.25, -0.2) is 0 Å². The molecule has 21 heavy (non-hydrogen) atoms. The van der Waals surface area contributed by atoms with Gasteiger partial charge in [-0.2, -0.15) is 0 Å². The third-order valence-electron chi connectivity index (χ3n) is 3.49. The molecule has 0 amide bonds. The second kappa shape index (κ2) is 8.14. The molecule has 1 unspecified atom stereocenters. The SMILES string of the molecule is COCCN(CCOC)CC(N)c1cc2ccccc2o1. The molecule has 1 heterocycles. The quantitative estimate of drug-likeness (QED) is 0.766. The molecule has 0 fully saturated rings. The maximum Gasteiger partial charge on any atom is 0.134 e. The number of furan rings is 1. The maximum absolute atomic E-state index is 6.29. The average molecular weight is 292 g/mol. The second-order valence-electron chi connectivity index (χ2n) is 5.08. The van der Waals surface area contributed by atoms with Crippen LogP contribution in [0.2, 0.25) is 0 Å². The van der Waals surface area contributed by atoms with E-state index in [1.165, 1.54) is 0 Å². The van der Waals surface area contributed by atoms with Crippen molar-refractivity contribution < 1.29 is 13.9 Å². The van der Waals surface area contributed by atoms with Crippen LogP contribution in [-0.4, -0.2) is 52.0 Å². The van der Waals surface area contributed by atoms with Gasteiger partial charge in [-0.15, -0.1) is 0 Å². The van der Waals surface area contributed by atoms with E-state index in [0.29, 0.717) is 19.8 Å². The van der Waals surface area contributed by atoms with Crippen molar-refractivity contribution in [3.63, 3.8) is 0 Å². The van der Waals surface area contributed by atoms with Crippen LogP contribution in [0.4, 0.5) is 0 Å². The van der Waals surface area contributed by atoms with Gasteiger partial charge in [0.1, 0.15) is 11.3 Å². The van der Waals surface area contributed by atoms with Crippen molar-refractivity contribution in [2.24, 2.45) is 5.73 Å². The summed E-state index contributed by atoms with van der Waals surface area (Å²) in [6.45, 7) is 3.72. The summed E-state index contributed by atoms with van der Waals surface area (Å²) in [5.41, 5.74) is 7.16. The zero-order chi connectivity index (χ0) is 15.1. The van der Waals surface area contributed by atoms with E-state index in [9.17, 15) is 0 Å². The first-order valence-electron chi connectivity index (χ1n) is 7.19. The van der Waals surface area contributed by atoms with E-state index < -0.39 is 0 Å². The molecule has 0 spiro atoms. The van der Waals surface area contributed by atoms with Crippen LogP contribution in [0.25, 0.3) is 11.0 Å². The standard InChI is InChI=1S/C16H24N2O3/c1-19-9-7-18(8-10-20-2)12-14(17)16-11-13-5-3-4-6-15(13)21-16/h3-6,11,14H,7-10,12,17H2,1-2H3. The molecule has 0 aliphatic rings. The Hall–Kier alpha value is -1.40. The molecular weight excluding hydrogens is 268 g/mol. The molecule has 116 valence electrons. The van der Waals surface area contributed by atoms with Crippen molar-refractivity contribution in [3.8, 4) is 0 Å². The summed E-state index contributed by atoms with van der Waals surface area (Å²) >= 11 is 0. The highest BCUT2D eigenvalue weighted by Gasteiger charge is 2.16. The number of hydrogen-bond donors (Lipinski definition) is 1. The molecule has 0 aliphatic carbocycles. The third kappa shape index (κ3) is 4.54. The molecule has 5 nitrogen and oxygen atoms in total. The van der Waals surface area contributed by atoms with Gasteiger partial charge in [0.2, 0.25) is 0 Å². The fourth-order valence-electron chi connectivity index (χ4n) is 2.29. The number of para-hydroxylation sites is 1. The lowest BCUT2D eigenvalue weighted by Gasteiger charge is -2.24. The van der Waals surface area contributed by atoms with E-state index in [2.05, 4.69) is 4.90 Å². The van der Waals surface area contributed by atoms with Crippen LogP contribution in [0, 0.1) is 0 Å². The lowest BCUT2D eigenvalue weighted by molar-refractivity contribution is 0.109. The number of nitrogens with zero attached hydrogens (tertiary/aromatic N) is 1. The number of rotatable bonds is 9. The van der Waals surface area contributed by atoms with Crippen LogP contribution in [0.3, 0.4) is 0 Å². The largest absolute Gasteiger partial charge is 0.459 e. The van der Waals surface area contributed by atoms with Gasteiger partial charge in [0.15, 0.2) is 0 Å². The molecule has 2 N–H and O–H groups in total. The summed E-state index contributed by atoms with van der Waals surface area (Å²) in [5, 5.41) is 1.09. The zero-order valence-electron chi connectivity index (χ0n) is 12.7. The van der Waals surface area contributed by atoms with Crippen molar-refractivity contribution in [2.45, 2.75) is 6.04 Å². The molecule has 0 aliphatic heterocycles. The smallest absolute Gasteiger partial charge is 0.134 e. The molecule has 1 aromatic carbocycles. The van der Waals surface area contributed by atoms with Crippen LogP contribution in [0.5, 0.6) is 0 Å². The van der Waals surface area contributed by atoms with E-state index in [0.717, 1.165) is 29.8 Å². The predicted molar refractivity (Wildman–Crippen MR) is 83.3 cm³/mol. The van der Waals surface area contributed by atoms with Gasteiger partial charge in [0, 0.05) is 39.2 Å². The highest BCUT2D eigenvalue weighted by atomic mass is 16.5. The highest BCUT2D eigenvalue weighted by Crippen LogP contribution is 2.23. The fourth-order valence-corrected chi connectivity index (χ4v) is 2.29. The minimum Gasteiger partial charge on any atom is -0.459 e. The van der Waals surface area contributed by atoms with Crippen LogP contribution in [0.1, 0.15) is 11.8 Å². The average Bonchev–Trinajstić information content (AvgIpc) is 2.94. The minimum absolute atomic E-state index is 0.161. The number of fused-ring (bicyclic) bond motifs is 1. The minimum atomic E-state index is -0.161. The molecule has 5 heteroatoms. The lowest BCUT2D eigenvalue weighted by atomic mass is 10.2. The summed E-state index contributed by atoms with van der Waals surface area (Å²) in [4.78, 5) is 2.23. The van der Waals surface area contributed by atoms with E-state index >= 15 is 0 Å². The maximum atomic E-state index is 6.29. The number of hydrogen-bond acceptors (Lipinski definition) is 5. The summed E-state index contributed by atoms with van der Waals surface area (Å²) < 4.78 is 16.1. The summed E-state index contributed by atoms with van der Waals surface area (Å²) in [5.74, 6) is 0.816. The fraction of sp³-hybridized carbons (Fsp3) is 0.500. The normalized spacial score (nSPS) is 13.1. The van der Waals surface area contributed by atoms with Gasteiger partial charge in [0.25, 0.3) is 0 Å². The highest BCUT2D eigenvalue weighted by molar-refractivity contribution is 5.77. The van der Waals surface area contributed by atoms with Gasteiger partial charge in [-0.1, -0.05) is 18.2 Å². The van der Waals surface area contributed by atoms with Gasteiger partial charge in [-0.05, 0) is 12.1 Å². The molecular formula is C16H24N2O3. The summed E-state index contributed by atoms with van der Waals surface area (Å²) in [7, 11) is 3.40. The van der Waals surface area contributed by atoms with Crippen molar-refractivity contribution in [1.82, 2.24) is 4.90 Å². The zero-order valence-corrected chi connectivity index (χ0v) is 12.7. The number of ether oxygens (including phenoxy) is 2. The number of nitrogens with two attached hydrogens (primary N) is 1. The van der Waals surface area contributed by atoms with Gasteiger partial charge >= 0.3 is 0 Å². The Bertz CT molecular complexity index is 500. The Balaban J connectivity index is 2.00. The van der Waals surface area contributed by atoms with Crippen LogP contribution in [0.15, 0.2) is 34.7 Å². The van der Waals surface area contributed by atoms with Crippen molar-refractivity contribution in [1.29, 1.82) is 0 Å². The van der Waals surface area contributed by atoms with Crippen LogP contribution >= 0.6 is 0 Å². The van der Waals surface area contributed by atoms with E-state index in [-0.39, 0.29) is 6.04 Å². The summed E-state index contributed by atoms with van der Waals surface area (Å²) in [6, 6.07) is 9.81. The van der Waals surface area contributed by atoms with E-state index in [4.69, 9.17) is 19.6 Å². The van der Waals surface area contributed by atoms with E-state index in [1.54, 1.807) is 14.2 Å². The topological polar surface area (TPSA) is 60.9 Å². The number of methoxy groups -OCH3 is 2. The Morgan fingerprint density at radius 3 is 2.43 bits per heavy atom. The third-order valence-corrected chi connectivity index (χ3v) is 3.49. The molecule has 0 bridgehead atoms. The molecule has 0 saturated carbocycles. The Labute approximate surface area is 125 Å². The molecule has 1 aromatic heterocycles. The Morgan fingerprint density at radius 2 is 1.81 bits per heavy atom. The van der Waals surface area contributed by atoms with Crippen LogP contribution < -0.4 is 5.73 Å². The van der Waals surface area contributed by atoms with Crippen LogP contribution in [-0.2, 0) is 9.47 Å². The van der Waals surface area contributed by atoms with E-state index in [1.807, 2.05) is 30.3 Å². The molecule has 1 atom stereocenters. The van der Waals surface area contributed by atoms with Gasteiger partial charge in [-0.3, -0.25) is 4.90 Å². The van der Waals surface area contributed by atoms with Gasteiger partial charge in [0.05, 0.1) is 19.3 Å². The molecule has 0 radical (unpaired) electrons. The monoisotopic (exact) mass is 292 g/mol. The Morgan fingerprint density at radius 1 is 1.14 bits per heavy atom. The van der Waals surface area contributed by atoms with Crippen molar-refractivity contribution in [2.75, 3.05) is 47.1 Å². The van der Waals surface area contributed by atoms with Crippen molar-refractivity contribution >= 4 is 11.0 Å². The molecule has 0 saturated heterocycles. The predicted octanol–water partition coefficient (Wildman–Crippen LogP) is 2.03. The molecule has 2 aromatic rings. The first-order valence-corrected chi connectivity index (χ1v) is 7.19. The second-order valence-corrected chi connectivity index (χ2v) is 5.08. The first-order chi connectivity index (χ1) is 10.2. The van der Waals surface area contributed by atoms with Gasteiger partial charge < -0.3 is 19.6 Å². The lowest BCUT2D eigenvalue weighted by Crippen LogP contribution is -2.36. The summed E-state index contributed by atoms with van der Waals surface area (Å²) in [6.07, 6.45) is 0.